The first-order valence-corrected chi connectivity index (χ1v) is 8.30. The molecular formula is C18H25BF2N2. The number of aromatic nitrogens is 1. The van der Waals surface area contributed by atoms with E-state index >= 15 is 0 Å². The first-order chi connectivity index (χ1) is 10.9. The second-order valence-electron chi connectivity index (χ2n) is 6.33. The number of aliphatic imine (C=N–C) groups is 1. The van der Waals surface area contributed by atoms with Crippen LogP contribution in [-0.2, 0) is 0 Å². The van der Waals surface area contributed by atoms with Crippen LogP contribution >= 0.6 is 0 Å². The first-order valence-electron chi connectivity index (χ1n) is 8.30. The van der Waals surface area contributed by atoms with Crippen molar-refractivity contribution in [1.82, 2.24) is 4.48 Å². The topological polar surface area (TPSA) is 17.3 Å². The van der Waals surface area contributed by atoms with Gasteiger partial charge in [-0.3, -0.25) is 13.6 Å². The number of hydrogen-bond donors (Lipinski definition) is 0. The maximum Gasteiger partial charge on any atom is 0.677 e. The first kappa shape index (κ1) is 17.7. The van der Waals surface area contributed by atoms with E-state index in [2.05, 4.69) is 11.9 Å². The fraction of sp³-hybridized carbons (Fsp3) is 0.500. The van der Waals surface area contributed by atoms with Crippen LogP contribution in [0.1, 0.15) is 63.4 Å². The maximum absolute atomic E-state index is 13.6. The summed E-state index contributed by atoms with van der Waals surface area (Å²) in [6.07, 6.45) is 5.99. The molecule has 0 saturated carbocycles. The normalized spacial score (nSPS) is 16.5. The highest BCUT2D eigenvalue weighted by molar-refractivity contribution is 6.41. The van der Waals surface area contributed by atoms with Crippen molar-refractivity contribution in [2.24, 2.45) is 4.99 Å². The minimum atomic E-state index is -2.53. The molecule has 5 heteroatoms. The van der Waals surface area contributed by atoms with E-state index in [4.69, 9.17) is 0 Å². The summed E-state index contributed by atoms with van der Waals surface area (Å²) in [6, 6.07) is 1.84. The summed E-state index contributed by atoms with van der Waals surface area (Å²) in [5.41, 5.74) is 5.98. The third-order valence-corrected chi connectivity index (χ3v) is 4.30. The molecule has 0 aromatic carbocycles. The Labute approximate surface area is 138 Å². The number of nitrogens with zero attached hydrogens (tertiary/aromatic N) is 2. The summed E-state index contributed by atoms with van der Waals surface area (Å²) in [7, 11) is -2.53. The van der Waals surface area contributed by atoms with Crippen LogP contribution in [0.3, 0.4) is 0 Å². The molecule has 0 unspecified atom stereocenters. The third-order valence-electron chi connectivity index (χ3n) is 4.30. The lowest BCUT2D eigenvalue weighted by Crippen LogP contribution is -2.18. The molecule has 2 rings (SSSR count). The largest absolute Gasteiger partial charge is 0.677 e. The summed E-state index contributed by atoms with van der Waals surface area (Å²) in [5, 5.41) is 0. The highest BCUT2D eigenvalue weighted by Crippen LogP contribution is 2.35. The second-order valence-corrected chi connectivity index (χ2v) is 6.33. The number of aryl methyl sites for hydroxylation is 2. The van der Waals surface area contributed by atoms with Crippen molar-refractivity contribution in [3.05, 3.63) is 40.4 Å². The third kappa shape index (κ3) is 3.65. The Kier molecular flexibility index (Phi) is 5.61. The van der Waals surface area contributed by atoms with Crippen LogP contribution in [0.4, 0.5) is 8.63 Å². The molecule has 0 fully saturated rings. The Hall–Kier alpha value is -1.65. The Morgan fingerprint density at radius 2 is 1.87 bits per heavy atom. The molecular weight excluding hydrogens is 293 g/mol. The standard InChI is InChI=1S/C18H25BF2N2/c1-6-7-8-9-16(17-12(2)10-14(4)22-17)18-13(3)11-15(5)23(18)19(20)21/h10-11H,6-9H2,1-5H3/b17-16-. The van der Waals surface area contributed by atoms with Crippen LogP contribution in [0, 0.1) is 13.8 Å². The Bertz CT molecular complexity index is 681. The van der Waals surface area contributed by atoms with Gasteiger partial charge in [0.1, 0.15) is 0 Å². The zero-order valence-corrected chi connectivity index (χ0v) is 14.7. The van der Waals surface area contributed by atoms with Crippen LogP contribution in [0.25, 0.3) is 5.57 Å². The van der Waals surface area contributed by atoms with Gasteiger partial charge in [0.15, 0.2) is 0 Å². The molecule has 1 aromatic rings. The second kappa shape index (κ2) is 7.28. The van der Waals surface area contributed by atoms with Gasteiger partial charge in [-0.1, -0.05) is 19.8 Å². The lowest BCUT2D eigenvalue weighted by molar-refractivity contribution is 0.622. The van der Waals surface area contributed by atoms with E-state index in [1.54, 1.807) is 6.92 Å². The molecule has 1 aromatic heterocycles. The van der Waals surface area contributed by atoms with Crippen molar-refractivity contribution >= 4 is 18.7 Å². The highest BCUT2D eigenvalue weighted by atomic mass is 19.2. The summed E-state index contributed by atoms with van der Waals surface area (Å²) in [6.45, 7) is 9.75. The average Bonchev–Trinajstić information content (AvgIpc) is 2.94. The van der Waals surface area contributed by atoms with Crippen molar-refractivity contribution in [3.8, 4) is 0 Å². The predicted molar refractivity (Wildman–Crippen MR) is 95.2 cm³/mol. The lowest BCUT2D eigenvalue weighted by Gasteiger charge is -2.16. The van der Waals surface area contributed by atoms with Gasteiger partial charge in [-0.05, 0) is 63.8 Å². The fourth-order valence-corrected chi connectivity index (χ4v) is 3.34. The van der Waals surface area contributed by atoms with Gasteiger partial charge < -0.3 is 4.48 Å². The molecule has 0 aliphatic carbocycles. The van der Waals surface area contributed by atoms with Gasteiger partial charge in [-0.15, -0.1) is 0 Å². The van der Waals surface area contributed by atoms with Gasteiger partial charge in [0.25, 0.3) is 0 Å². The molecule has 1 aliphatic rings. The van der Waals surface area contributed by atoms with E-state index in [1.165, 1.54) is 0 Å². The molecule has 23 heavy (non-hydrogen) atoms. The van der Waals surface area contributed by atoms with Gasteiger partial charge in [-0.2, -0.15) is 0 Å². The maximum atomic E-state index is 13.6. The smallest absolute Gasteiger partial charge is 0.329 e. The SMILES string of the molecule is CCCCC/C(=C1/N=C(C)C=C1C)c1c(C)cc(C)n1B(F)F. The average molecular weight is 318 g/mol. The molecule has 2 nitrogen and oxygen atoms in total. The van der Waals surface area contributed by atoms with Crippen molar-refractivity contribution in [3.63, 3.8) is 0 Å². The van der Waals surface area contributed by atoms with Gasteiger partial charge in [0.2, 0.25) is 0 Å². The number of allylic oxidation sites excluding steroid dienone is 3. The van der Waals surface area contributed by atoms with Crippen molar-refractivity contribution in [2.75, 3.05) is 0 Å². The summed E-state index contributed by atoms with van der Waals surface area (Å²) < 4.78 is 28.4. The van der Waals surface area contributed by atoms with E-state index < -0.39 is 7.40 Å². The van der Waals surface area contributed by atoms with Gasteiger partial charge in [0, 0.05) is 22.7 Å². The van der Waals surface area contributed by atoms with Gasteiger partial charge in [-0.25, -0.2) is 0 Å². The van der Waals surface area contributed by atoms with E-state index in [1.807, 2.05) is 32.9 Å². The molecule has 0 saturated heterocycles. The van der Waals surface area contributed by atoms with Crippen molar-refractivity contribution < 1.29 is 8.63 Å². The quantitative estimate of drug-likeness (QED) is 0.480. The molecule has 0 spiro atoms. The Balaban J connectivity index is 2.61. The summed E-state index contributed by atoms with van der Waals surface area (Å²) in [5.74, 6) is 0. The zero-order chi connectivity index (χ0) is 17.1. The van der Waals surface area contributed by atoms with E-state index in [0.717, 1.165) is 58.3 Å². The summed E-state index contributed by atoms with van der Waals surface area (Å²) in [4.78, 5) is 4.62. The molecule has 2 heterocycles. The van der Waals surface area contributed by atoms with Gasteiger partial charge in [0.05, 0.1) is 5.70 Å². The zero-order valence-electron chi connectivity index (χ0n) is 14.7. The predicted octanol–water partition coefficient (Wildman–Crippen LogP) is 5.59. The number of hydrogen-bond acceptors (Lipinski definition) is 1. The van der Waals surface area contributed by atoms with Gasteiger partial charge >= 0.3 is 7.40 Å². The monoisotopic (exact) mass is 318 g/mol. The number of halogens is 2. The molecule has 0 atom stereocenters. The molecule has 0 bridgehead atoms. The van der Waals surface area contributed by atoms with E-state index in [0.29, 0.717) is 11.4 Å². The Morgan fingerprint density at radius 1 is 1.17 bits per heavy atom. The number of unbranched alkanes of at least 4 members (excludes halogenated alkanes) is 2. The van der Waals surface area contributed by atoms with Crippen LogP contribution in [0.2, 0.25) is 0 Å². The minimum Gasteiger partial charge on any atom is -0.329 e. The molecule has 0 N–H and O–H groups in total. The van der Waals surface area contributed by atoms with Crippen molar-refractivity contribution in [2.45, 2.75) is 60.3 Å². The van der Waals surface area contributed by atoms with E-state index in [9.17, 15) is 8.63 Å². The van der Waals surface area contributed by atoms with Crippen LogP contribution in [0.5, 0.6) is 0 Å². The molecule has 124 valence electrons. The molecule has 0 radical (unpaired) electrons. The van der Waals surface area contributed by atoms with Crippen LogP contribution < -0.4 is 0 Å². The molecule has 0 amide bonds. The Morgan fingerprint density at radius 3 is 2.39 bits per heavy atom. The van der Waals surface area contributed by atoms with E-state index in [-0.39, 0.29) is 0 Å². The summed E-state index contributed by atoms with van der Waals surface area (Å²) >= 11 is 0. The van der Waals surface area contributed by atoms with Crippen molar-refractivity contribution in [1.29, 1.82) is 0 Å². The number of rotatable bonds is 6. The fourth-order valence-electron chi connectivity index (χ4n) is 3.34. The van der Waals surface area contributed by atoms with Crippen LogP contribution in [-0.4, -0.2) is 17.6 Å². The molecule has 1 aliphatic heterocycles. The lowest BCUT2D eigenvalue weighted by atomic mass is 9.96. The highest BCUT2D eigenvalue weighted by Gasteiger charge is 2.27. The minimum absolute atomic E-state index is 0.599. The van der Waals surface area contributed by atoms with Crippen LogP contribution in [0.15, 0.2) is 28.4 Å².